The lowest BCUT2D eigenvalue weighted by Crippen LogP contribution is -2.38. The van der Waals surface area contributed by atoms with Crippen molar-refractivity contribution in [1.29, 1.82) is 0 Å². The van der Waals surface area contributed by atoms with E-state index in [9.17, 15) is 24.5 Å². The molecule has 1 aliphatic heterocycles. The predicted octanol–water partition coefficient (Wildman–Crippen LogP) is 5.03. The number of urea groups is 1. The second kappa shape index (κ2) is 11.4. The van der Waals surface area contributed by atoms with Crippen molar-refractivity contribution in [3.8, 4) is 17.3 Å². The van der Waals surface area contributed by atoms with Crippen LogP contribution in [0.5, 0.6) is 11.6 Å². The third-order valence-corrected chi connectivity index (χ3v) is 6.62. The van der Waals surface area contributed by atoms with Crippen molar-refractivity contribution in [2.24, 2.45) is 0 Å². The summed E-state index contributed by atoms with van der Waals surface area (Å²) in [5.74, 6) is -0.361. The summed E-state index contributed by atoms with van der Waals surface area (Å²) in [6.45, 7) is 5.31. The molecule has 2 aromatic carbocycles. The van der Waals surface area contributed by atoms with Gasteiger partial charge in [-0.15, -0.1) is 0 Å². The van der Waals surface area contributed by atoms with Gasteiger partial charge in [0.05, 0.1) is 4.92 Å². The van der Waals surface area contributed by atoms with Gasteiger partial charge < -0.3 is 19.9 Å². The van der Waals surface area contributed by atoms with Crippen molar-refractivity contribution in [3.05, 3.63) is 111 Å². The van der Waals surface area contributed by atoms with Crippen LogP contribution in [-0.4, -0.2) is 43.8 Å². The number of rotatable bonds is 8. The van der Waals surface area contributed by atoms with Gasteiger partial charge in [-0.05, 0) is 74.9 Å². The molecule has 2 N–H and O–H groups in total. The Labute approximate surface area is 240 Å². The van der Waals surface area contributed by atoms with Crippen LogP contribution in [0.15, 0.2) is 78.6 Å². The smallest absolute Gasteiger partial charge is 0.329 e. The van der Waals surface area contributed by atoms with E-state index < -0.39 is 29.3 Å². The van der Waals surface area contributed by atoms with E-state index in [0.29, 0.717) is 11.4 Å². The third kappa shape index (κ3) is 5.87. The molecule has 0 radical (unpaired) electrons. The SMILES string of the molecule is Cc1ccc(NC(=O)CN2C(=O)N/C(=C\c3cc(C)n(-c4ccc(Oc5ccc([N+](=O)[O-])cn5)cc4)c3C)C2=O)cc1. The standard InChI is InChI=1S/C30H26N6O6/c1-18-4-6-22(7-5-18)32-27(37)17-34-29(38)26(33-30(34)39)15-21-14-19(2)35(20(21)3)23-8-11-25(12-9-23)42-28-13-10-24(16-31-28)36(40)41/h4-16H,17H2,1-3H3,(H,32,37)(H,33,39)/b26-15-. The number of anilines is 1. The summed E-state index contributed by atoms with van der Waals surface area (Å²) in [5.41, 5.74) is 4.81. The topological polar surface area (TPSA) is 149 Å². The highest BCUT2D eigenvalue weighted by Crippen LogP contribution is 2.27. The largest absolute Gasteiger partial charge is 0.439 e. The van der Waals surface area contributed by atoms with Crippen molar-refractivity contribution in [2.75, 3.05) is 11.9 Å². The van der Waals surface area contributed by atoms with Crippen LogP contribution in [-0.2, 0) is 9.59 Å². The third-order valence-electron chi connectivity index (χ3n) is 6.62. The molecule has 1 aliphatic rings. The fourth-order valence-electron chi connectivity index (χ4n) is 4.51. The maximum atomic E-state index is 13.0. The zero-order valence-corrected chi connectivity index (χ0v) is 23.0. The number of hydrogen-bond donors (Lipinski definition) is 2. The van der Waals surface area contributed by atoms with Crippen molar-refractivity contribution in [1.82, 2.24) is 19.8 Å². The number of nitrogens with one attached hydrogen (secondary N) is 2. The Kier molecular flexibility index (Phi) is 7.52. The molecular weight excluding hydrogens is 540 g/mol. The summed E-state index contributed by atoms with van der Waals surface area (Å²) in [7, 11) is 0. The minimum Gasteiger partial charge on any atom is -0.439 e. The van der Waals surface area contributed by atoms with Gasteiger partial charge in [0.15, 0.2) is 0 Å². The van der Waals surface area contributed by atoms with E-state index in [-0.39, 0.29) is 17.3 Å². The average Bonchev–Trinajstić information content (AvgIpc) is 3.39. The summed E-state index contributed by atoms with van der Waals surface area (Å²) in [6, 6.07) is 18.3. The van der Waals surface area contributed by atoms with Crippen LogP contribution >= 0.6 is 0 Å². The van der Waals surface area contributed by atoms with Gasteiger partial charge in [-0.3, -0.25) is 19.7 Å². The molecule has 12 heteroatoms. The van der Waals surface area contributed by atoms with Crippen molar-refractivity contribution in [3.63, 3.8) is 0 Å². The molecule has 0 saturated carbocycles. The molecule has 0 aliphatic carbocycles. The van der Waals surface area contributed by atoms with Crippen LogP contribution in [0, 0.1) is 30.9 Å². The molecular formula is C30H26N6O6. The maximum absolute atomic E-state index is 13.0. The zero-order valence-electron chi connectivity index (χ0n) is 23.0. The molecule has 4 aromatic rings. The van der Waals surface area contributed by atoms with E-state index in [4.69, 9.17) is 4.74 Å². The molecule has 12 nitrogen and oxygen atoms in total. The summed E-state index contributed by atoms with van der Waals surface area (Å²) in [4.78, 5) is 53.1. The monoisotopic (exact) mass is 566 g/mol. The first kappa shape index (κ1) is 27.8. The van der Waals surface area contributed by atoms with Crippen LogP contribution in [0.1, 0.15) is 22.5 Å². The number of carbonyl (C=O) groups excluding carboxylic acids is 3. The van der Waals surface area contributed by atoms with Crippen LogP contribution in [0.25, 0.3) is 11.8 Å². The lowest BCUT2D eigenvalue weighted by Gasteiger charge is -2.12. The highest BCUT2D eigenvalue weighted by molar-refractivity contribution is 6.16. The molecule has 4 amide bonds. The van der Waals surface area contributed by atoms with Gasteiger partial charge in [0, 0.05) is 34.9 Å². The second-order valence-electron chi connectivity index (χ2n) is 9.66. The van der Waals surface area contributed by atoms with E-state index >= 15 is 0 Å². The Hall–Kier alpha value is -5.78. The van der Waals surface area contributed by atoms with E-state index in [2.05, 4.69) is 15.6 Å². The Morgan fingerprint density at radius 1 is 1.05 bits per heavy atom. The van der Waals surface area contributed by atoms with E-state index in [1.165, 1.54) is 12.1 Å². The Balaban J connectivity index is 1.28. The fraction of sp³-hybridized carbons (Fsp3) is 0.133. The molecule has 1 saturated heterocycles. The first-order chi connectivity index (χ1) is 20.1. The molecule has 0 unspecified atom stereocenters. The molecule has 0 bridgehead atoms. The van der Waals surface area contributed by atoms with Crippen LogP contribution in [0.3, 0.4) is 0 Å². The number of ether oxygens (including phenoxy) is 1. The Morgan fingerprint density at radius 2 is 1.76 bits per heavy atom. The highest BCUT2D eigenvalue weighted by atomic mass is 16.6. The van der Waals surface area contributed by atoms with Crippen molar-refractivity contribution in [2.45, 2.75) is 20.8 Å². The van der Waals surface area contributed by atoms with E-state index in [1.54, 1.807) is 30.3 Å². The van der Waals surface area contributed by atoms with Crippen molar-refractivity contribution >= 4 is 35.3 Å². The average molecular weight is 567 g/mol. The lowest BCUT2D eigenvalue weighted by molar-refractivity contribution is -0.385. The number of amides is 4. The number of pyridine rings is 1. The summed E-state index contributed by atoms with van der Waals surface area (Å²) in [5, 5.41) is 16.1. The van der Waals surface area contributed by atoms with Gasteiger partial charge in [-0.25, -0.2) is 14.7 Å². The number of nitrogens with zero attached hydrogens (tertiary/aromatic N) is 4. The molecule has 0 spiro atoms. The fourth-order valence-corrected chi connectivity index (χ4v) is 4.51. The number of imide groups is 1. The number of nitro groups is 1. The zero-order chi connectivity index (χ0) is 30.0. The molecule has 5 rings (SSSR count). The van der Waals surface area contributed by atoms with Crippen LogP contribution in [0.4, 0.5) is 16.2 Å². The summed E-state index contributed by atoms with van der Waals surface area (Å²) < 4.78 is 7.67. The van der Waals surface area contributed by atoms with E-state index in [0.717, 1.165) is 39.3 Å². The lowest BCUT2D eigenvalue weighted by atomic mass is 10.2. The van der Waals surface area contributed by atoms with Gasteiger partial charge in [-0.1, -0.05) is 17.7 Å². The predicted molar refractivity (Wildman–Crippen MR) is 154 cm³/mol. The number of hydrogen-bond acceptors (Lipinski definition) is 7. The summed E-state index contributed by atoms with van der Waals surface area (Å²) >= 11 is 0. The molecule has 42 heavy (non-hydrogen) atoms. The van der Waals surface area contributed by atoms with Crippen LogP contribution in [0.2, 0.25) is 0 Å². The first-order valence-electron chi connectivity index (χ1n) is 12.9. The minimum absolute atomic E-state index is 0.0720. The molecule has 0 atom stereocenters. The van der Waals surface area contributed by atoms with E-state index in [1.807, 2.05) is 55.7 Å². The number of aryl methyl sites for hydroxylation is 2. The molecule has 2 aromatic heterocycles. The number of carbonyl (C=O) groups is 3. The Bertz CT molecular complexity index is 1720. The first-order valence-corrected chi connectivity index (χ1v) is 12.9. The highest BCUT2D eigenvalue weighted by Gasteiger charge is 2.35. The van der Waals surface area contributed by atoms with Crippen molar-refractivity contribution < 1.29 is 24.0 Å². The van der Waals surface area contributed by atoms with Gasteiger partial charge in [0.25, 0.3) is 11.6 Å². The Morgan fingerprint density at radius 3 is 2.40 bits per heavy atom. The molecule has 212 valence electrons. The van der Waals surface area contributed by atoms with Gasteiger partial charge in [-0.2, -0.15) is 0 Å². The minimum atomic E-state index is -0.669. The number of aromatic nitrogens is 2. The quantitative estimate of drug-likeness (QED) is 0.131. The second-order valence-corrected chi connectivity index (χ2v) is 9.66. The number of benzene rings is 2. The molecule has 1 fully saturated rings. The van der Waals surface area contributed by atoms with Gasteiger partial charge >= 0.3 is 6.03 Å². The van der Waals surface area contributed by atoms with Crippen LogP contribution < -0.4 is 15.4 Å². The molecule has 3 heterocycles. The normalized spacial score (nSPS) is 13.8. The summed E-state index contributed by atoms with van der Waals surface area (Å²) in [6.07, 6.45) is 2.72. The van der Waals surface area contributed by atoms with Gasteiger partial charge in [0.2, 0.25) is 11.8 Å². The maximum Gasteiger partial charge on any atom is 0.329 e. The van der Waals surface area contributed by atoms with Gasteiger partial charge in [0.1, 0.15) is 24.2 Å².